The van der Waals surface area contributed by atoms with Crippen LogP contribution in [0.1, 0.15) is 59.2 Å². The van der Waals surface area contributed by atoms with E-state index in [0.29, 0.717) is 18.2 Å². The first-order valence-electron chi connectivity index (χ1n) is 9.19. The van der Waals surface area contributed by atoms with Crippen LogP contribution in [-0.4, -0.2) is 40.4 Å². The summed E-state index contributed by atoms with van der Waals surface area (Å²) in [4.78, 5) is 23.9. The van der Waals surface area contributed by atoms with E-state index in [0.717, 1.165) is 38.2 Å². The van der Waals surface area contributed by atoms with Gasteiger partial charge in [0.1, 0.15) is 11.5 Å². The summed E-state index contributed by atoms with van der Waals surface area (Å²) in [5, 5.41) is 3.41. The molecule has 4 rings (SSSR count). The number of hydrogen-bond acceptors (Lipinski definition) is 4. The second-order valence-electron chi connectivity index (χ2n) is 6.89. The zero-order valence-electron chi connectivity index (χ0n) is 15.0. The van der Waals surface area contributed by atoms with Crippen LogP contribution < -0.4 is 5.32 Å². The van der Waals surface area contributed by atoms with Gasteiger partial charge in [-0.05, 0) is 36.5 Å². The Hall–Kier alpha value is -1.98. The van der Waals surface area contributed by atoms with Gasteiger partial charge in [0, 0.05) is 31.7 Å². The average molecular weight is 373 g/mol. The van der Waals surface area contributed by atoms with Crippen molar-refractivity contribution >= 4 is 18.3 Å². The highest BCUT2D eigenvalue weighted by Gasteiger charge is 2.31. The predicted octanol–water partition coefficient (Wildman–Crippen LogP) is 3.12. The third-order valence-electron chi connectivity index (χ3n) is 5.11. The van der Waals surface area contributed by atoms with E-state index in [1.165, 1.54) is 11.1 Å². The van der Waals surface area contributed by atoms with Crippen LogP contribution in [0.2, 0.25) is 0 Å². The lowest BCUT2D eigenvalue weighted by Gasteiger charge is -2.36. The molecule has 2 fully saturated rings. The quantitative estimate of drug-likeness (QED) is 0.895. The number of piperazine rings is 1. The smallest absolute Gasteiger partial charge is 0.273 e. The fraction of sp³-hybridized carbons (Fsp3) is 0.450. The first-order valence-corrected chi connectivity index (χ1v) is 9.19. The highest BCUT2D eigenvalue weighted by atomic mass is 35.5. The topological polar surface area (TPSA) is 58.1 Å². The number of carbonyl (C=O) groups excluding carboxylic acids is 1. The molecule has 0 bridgehead atoms. The number of nitrogens with one attached hydrogen (secondary N) is 1. The van der Waals surface area contributed by atoms with Crippen molar-refractivity contribution < 1.29 is 4.79 Å². The van der Waals surface area contributed by atoms with Crippen LogP contribution in [0, 0.1) is 0 Å². The maximum Gasteiger partial charge on any atom is 0.273 e. The number of halogens is 1. The van der Waals surface area contributed by atoms with E-state index in [-0.39, 0.29) is 24.4 Å². The second kappa shape index (κ2) is 8.14. The monoisotopic (exact) mass is 372 g/mol. The Morgan fingerprint density at radius 3 is 2.69 bits per heavy atom. The normalized spacial score (nSPS) is 19.7. The molecule has 5 nitrogen and oxygen atoms in total. The molecule has 1 unspecified atom stereocenters. The number of nitrogens with zero attached hydrogens (tertiary/aromatic N) is 3. The first-order chi connectivity index (χ1) is 12.3. The van der Waals surface area contributed by atoms with Gasteiger partial charge in [-0.1, -0.05) is 31.2 Å². The van der Waals surface area contributed by atoms with E-state index in [1.54, 1.807) is 12.3 Å². The molecule has 1 atom stereocenters. The van der Waals surface area contributed by atoms with Gasteiger partial charge in [-0.25, -0.2) is 9.97 Å². The molecule has 2 heterocycles. The van der Waals surface area contributed by atoms with Gasteiger partial charge < -0.3 is 10.2 Å². The molecule has 2 aromatic rings. The molecule has 6 heteroatoms. The van der Waals surface area contributed by atoms with Crippen LogP contribution >= 0.6 is 12.4 Å². The number of amides is 1. The molecule has 1 aromatic heterocycles. The van der Waals surface area contributed by atoms with Gasteiger partial charge in [-0.15, -0.1) is 12.4 Å². The summed E-state index contributed by atoms with van der Waals surface area (Å²) in [6, 6.07) is 10.4. The van der Waals surface area contributed by atoms with E-state index in [9.17, 15) is 4.79 Å². The number of hydrogen-bond donors (Lipinski definition) is 1. The Labute approximate surface area is 160 Å². The molecule has 1 saturated heterocycles. The SMILES string of the molecule is CCc1ccc(C2CNCCN2C(=O)c2ccnc(C3CC3)n2)cc1.Cl. The van der Waals surface area contributed by atoms with Crippen molar-refractivity contribution in [3.63, 3.8) is 0 Å². The van der Waals surface area contributed by atoms with Crippen molar-refractivity contribution in [2.45, 2.75) is 38.1 Å². The molecule has 2 aliphatic rings. The summed E-state index contributed by atoms with van der Waals surface area (Å²) in [6.45, 7) is 4.44. The lowest BCUT2D eigenvalue weighted by molar-refractivity contribution is 0.0627. The van der Waals surface area contributed by atoms with Gasteiger partial charge in [0.25, 0.3) is 5.91 Å². The summed E-state index contributed by atoms with van der Waals surface area (Å²) in [5.74, 6) is 1.29. The highest BCUT2D eigenvalue weighted by molar-refractivity contribution is 5.92. The van der Waals surface area contributed by atoms with Crippen molar-refractivity contribution in [2.24, 2.45) is 0 Å². The minimum atomic E-state index is 0. The Bertz CT molecular complexity index is 761. The standard InChI is InChI=1S/C20H24N4O.ClH/c1-2-14-3-5-15(6-4-14)18-13-21-11-12-24(18)20(25)17-9-10-22-19(23-17)16-7-8-16;/h3-6,9-10,16,18,21H,2,7-8,11-13H2,1H3;1H. The molecule has 0 radical (unpaired) electrons. The Morgan fingerprint density at radius 1 is 1.23 bits per heavy atom. The molecule has 1 aromatic carbocycles. The minimum absolute atomic E-state index is 0. The van der Waals surface area contributed by atoms with E-state index in [4.69, 9.17) is 0 Å². The fourth-order valence-electron chi connectivity index (χ4n) is 3.40. The average Bonchev–Trinajstić information content (AvgIpc) is 3.53. The molecule has 1 aliphatic heterocycles. The van der Waals surface area contributed by atoms with Gasteiger partial charge in [-0.3, -0.25) is 4.79 Å². The molecular formula is C20H25ClN4O. The third-order valence-corrected chi connectivity index (χ3v) is 5.11. The van der Waals surface area contributed by atoms with Gasteiger partial charge in [0.15, 0.2) is 0 Å². The van der Waals surface area contributed by atoms with Crippen LogP contribution in [0.4, 0.5) is 0 Å². The second-order valence-corrected chi connectivity index (χ2v) is 6.89. The molecule has 1 aliphatic carbocycles. The number of carbonyl (C=O) groups is 1. The van der Waals surface area contributed by atoms with Crippen LogP contribution in [0.5, 0.6) is 0 Å². The van der Waals surface area contributed by atoms with Gasteiger partial charge >= 0.3 is 0 Å². The maximum absolute atomic E-state index is 13.1. The Kier molecular flexibility index (Phi) is 5.89. The van der Waals surface area contributed by atoms with Gasteiger partial charge in [0.05, 0.1) is 6.04 Å². The van der Waals surface area contributed by atoms with Crippen molar-refractivity contribution in [3.8, 4) is 0 Å². The van der Waals surface area contributed by atoms with E-state index in [2.05, 4.69) is 46.5 Å². The molecular weight excluding hydrogens is 348 g/mol. The Balaban J connectivity index is 0.00000196. The molecule has 1 amide bonds. The summed E-state index contributed by atoms with van der Waals surface area (Å²) in [7, 11) is 0. The van der Waals surface area contributed by atoms with Crippen LogP contribution in [0.3, 0.4) is 0 Å². The van der Waals surface area contributed by atoms with Crippen molar-refractivity contribution in [3.05, 3.63) is 59.2 Å². The lowest BCUT2D eigenvalue weighted by atomic mass is 10.0. The van der Waals surface area contributed by atoms with Crippen LogP contribution in [0.25, 0.3) is 0 Å². The summed E-state index contributed by atoms with van der Waals surface area (Å²) in [5.41, 5.74) is 3.01. The third kappa shape index (κ3) is 3.89. The number of aromatic nitrogens is 2. The van der Waals surface area contributed by atoms with E-state index >= 15 is 0 Å². The number of aryl methyl sites for hydroxylation is 1. The molecule has 26 heavy (non-hydrogen) atoms. The minimum Gasteiger partial charge on any atom is -0.328 e. The van der Waals surface area contributed by atoms with Crippen molar-refractivity contribution in [1.29, 1.82) is 0 Å². The van der Waals surface area contributed by atoms with Gasteiger partial charge in [0.2, 0.25) is 0 Å². The van der Waals surface area contributed by atoms with E-state index in [1.807, 2.05) is 4.90 Å². The summed E-state index contributed by atoms with van der Waals surface area (Å²) >= 11 is 0. The van der Waals surface area contributed by atoms with Gasteiger partial charge in [-0.2, -0.15) is 0 Å². The van der Waals surface area contributed by atoms with Crippen molar-refractivity contribution in [1.82, 2.24) is 20.2 Å². The molecule has 138 valence electrons. The maximum atomic E-state index is 13.1. The highest BCUT2D eigenvalue weighted by Crippen LogP contribution is 2.37. The summed E-state index contributed by atoms with van der Waals surface area (Å²) < 4.78 is 0. The Morgan fingerprint density at radius 2 is 2.00 bits per heavy atom. The zero-order chi connectivity index (χ0) is 17.2. The molecule has 0 spiro atoms. The van der Waals surface area contributed by atoms with E-state index < -0.39 is 0 Å². The van der Waals surface area contributed by atoms with Crippen LogP contribution in [-0.2, 0) is 6.42 Å². The predicted molar refractivity (Wildman–Crippen MR) is 104 cm³/mol. The van der Waals surface area contributed by atoms with Crippen molar-refractivity contribution in [2.75, 3.05) is 19.6 Å². The summed E-state index contributed by atoms with van der Waals surface area (Å²) in [6.07, 6.45) is 5.02. The zero-order valence-corrected chi connectivity index (χ0v) is 15.8. The molecule has 1 N–H and O–H groups in total. The first kappa shape index (κ1) is 18.8. The largest absolute Gasteiger partial charge is 0.328 e. The fourth-order valence-corrected chi connectivity index (χ4v) is 3.40. The molecule has 1 saturated carbocycles. The number of benzene rings is 1. The van der Waals surface area contributed by atoms with Crippen LogP contribution in [0.15, 0.2) is 36.5 Å². The number of rotatable bonds is 4. The lowest BCUT2D eigenvalue weighted by Crippen LogP contribution is -2.48.